The van der Waals surface area contributed by atoms with Gasteiger partial charge in [-0.1, -0.05) is 38.1 Å². The van der Waals surface area contributed by atoms with E-state index >= 15 is 0 Å². The number of nitro benzene ring substituents is 1. The summed E-state index contributed by atoms with van der Waals surface area (Å²) in [5, 5.41) is 14.3. The van der Waals surface area contributed by atoms with Gasteiger partial charge in [0, 0.05) is 35.4 Å². The average Bonchev–Trinajstić information content (AvgIpc) is 3.27. The lowest BCUT2D eigenvalue weighted by atomic mass is 9.74. The van der Waals surface area contributed by atoms with Crippen molar-refractivity contribution in [1.82, 2.24) is 0 Å². The van der Waals surface area contributed by atoms with Gasteiger partial charge in [-0.3, -0.25) is 24.6 Å². The monoisotopic (exact) mass is 525 g/mol. The first kappa shape index (κ1) is 25.2. The fourth-order valence-electron chi connectivity index (χ4n) is 5.04. The van der Waals surface area contributed by atoms with Crippen LogP contribution in [0.2, 0.25) is 0 Å². The summed E-state index contributed by atoms with van der Waals surface area (Å²) in [6.45, 7) is 3.77. The lowest BCUT2D eigenvalue weighted by Gasteiger charge is -2.36. The minimum atomic E-state index is -5.25. The first-order valence-electron chi connectivity index (χ1n) is 11.7. The first-order valence-corrected chi connectivity index (χ1v) is 11.7. The number of halogens is 3. The van der Waals surface area contributed by atoms with E-state index < -0.39 is 34.2 Å². The molecule has 0 bridgehead atoms. The number of anilines is 2. The van der Waals surface area contributed by atoms with E-state index in [0.717, 1.165) is 0 Å². The number of Topliss-reactive ketones (excluding diaryl/α,β-unsaturated/α-hetero) is 1. The van der Waals surface area contributed by atoms with Gasteiger partial charge in [-0.2, -0.15) is 13.2 Å². The van der Waals surface area contributed by atoms with E-state index in [1.807, 2.05) is 13.8 Å². The maximum atomic E-state index is 14.0. The Morgan fingerprint density at radius 3 is 2.55 bits per heavy atom. The fraction of sp³-hybridized carbons (Fsp3) is 0.259. The van der Waals surface area contributed by atoms with E-state index in [-0.39, 0.29) is 40.6 Å². The SMILES string of the molecule is CC1(C)CC(=O)C2=C(C1)Nc1ccccc1N(C(=O)C(F)(F)F)[C@H]2c1ccc(-c2cccc([N+](=O)[O-])c2)o1. The number of para-hydroxylation sites is 2. The second-order valence-corrected chi connectivity index (χ2v) is 10.1. The van der Waals surface area contributed by atoms with Crippen molar-refractivity contribution >= 4 is 28.8 Å². The van der Waals surface area contributed by atoms with Crippen molar-refractivity contribution in [2.24, 2.45) is 5.41 Å². The number of allylic oxidation sites excluding steroid dienone is 1. The van der Waals surface area contributed by atoms with E-state index in [1.165, 1.54) is 42.5 Å². The summed E-state index contributed by atoms with van der Waals surface area (Å²) in [6.07, 6.45) is -4.83. The summed E-state index contributed by atoms with van der Waals surface area (Å²) in [6, 6.07) is 12.9. The highest BCUT2D eigenvalue weighted by molar-refractivity contribution is 6.07. The van der Waals surface area contributed by atoms with Crippen molar-refractivity contribution in [1.29, 1.82) is 0 Å². The van der Waals surface area contributed by atoms with E-state index in [9.17, 15) is 32.9 Å². The van der Waals surface area contributed by atoms with E-state index in [2.05, 4.69) is 5.32 Å². The van der Waals surface area contributed by atoms with Crippen LogP contribution in [-0.4, -0.2) is 22.8 Å². The molecule has 5 rings (SSSR count). The molecule has 0 fully saturated rings. The molecular weight excluding hydrogens is 503 g/mol. The summed E-state index contributed by atoms with van der Waals surface area (Å²) < 4.78 is 47.9. The van der Waals surface area contributed by atoms with Gasteiger partial charge in [-0.15, -0.1) is 0 Å². The van der Waals surface area contributed by atoms with Crippen LogP contribution in [0.5, 0.6) is 0 Å². The minimum Gasteiger partial charge on any atom is -0.458 e. The van der Waals surface area contributed by atoms with Crippen LogP contribution in [0, 0.1) is 15.5 Å². The van der Waals surface area contributed by atoms with Crippen LogP contribution in [0.3, 0.4) is 0 Å². The molecule has 1 aliphatic heterocycles. The Labute approximate surface area is 214 Å². The van der Waals surface area contributed by atoms with Gasteiger partial charge in [0.2, 0.25) is 0 Å². The highest BCUT2D eigenvalue weighted by atomic mass is 19.4. The van der Waals surface area contributed by atoms with Gasteiger partial charge >= 0.3 is 12.1 Å². The first-order chi connectivity index (χ1) is 17.9. The number of hydrogen-bond donors (Lipinski definition) is 1. The molecule has 196 valence electrons. The molecule has 8 nitrogen and oxygen atoms in total. The van der Waals surface area contributed by atoms with Crippen molar-refractivity contribution in [2.45, 2.75) is 38.9 Å². The second-order valence-electron chi connectivity index (χ2n) is 10.1. The zero-order valence-electron chi connectivity index (χ0n) is 20.3. The third kappa shape index (κ3) is 4.44. The predicted molar refractivity (Wildman–Crippen MR) is 132 cm³/mol. The molecule has 0 saturated carbocycles. The van der Waals surface area contributed by atoms with Crippen molar-refractivity contribution in [2.75, 3.05) is 10.2 Å². The summed E-state index contributed by atoms with van der Waals surface area (Å²) in [5.74, 6) is -2.51. The number of benzene rings is 2. The normalized spacial score (nSPS) is 18.8. The molecule has 0 spiro atoms. The fourth-order valence-corrected chi connectivity index (χ4v) is 5.04. The van der Waals surface area contributed by atoms with Gasteiger partial charge in [0.15, 0.2) is 5.78 Å². The molecule has 1 aromatic heterocycles. The molecule has 2 heterocycles. The summed E-state index contributed by atoms with van der Waals surface area (Å²) in [5.41, 5.74) is 0.257. The van der Waals surface area contributed by atoms with E-state index in [0.29, 0.717) is 22.6 Å². The number of ketones is 1. The van der Waals surface area contributed by atoms with Gasteiger partial charge in [0.1, 0.15) is 17.6 Å². The maximum Gasteiger partial charge on any atom is 0.471 e. The Balaban J connectivity index is 1.74. The zero-order valence-corrected chi connectivity index (χ0v) is 20.3. The highest BCUT2D eigenvalue weighted by Crippen LogP contribution is 2.49. The smallest absolute Gasteiger partial charge is 0.458 e. The molecule has 38 heavy (non-hydrogen) atoms. The summed E-state index contributed by atoms with van der Waals surface area (Å²) >= 11 is 0. The number of nitro groups is 1. The topological polar surface area (TPSA) is 106 Å². The minimum absolute atomic E-state index is 0.0121. The molecular formula is C27H22F3N3O5. The highest BCUT2D eigenvalue weighted by Gasteiger charge is 2.51. The van der Waals surface area contributed by atoms with Crippen LogP contribution in [0.1, 0.15) is 38.5 Å². The molecule has 2 aromatic carbocycles. The molecule has 0 radical (unpaired) electrons. The van der Waals surface area contributed by atoms with Gasteiger partial charge in [-0.05, 0) is 36.1 Å². The third-order valence-corrected chi connectivity index (χ3v) is 6.60. The Bertz CT molecular complexity index is 1510. The van der Waals surface area contributed by atoms with Crippen molar-refractivity contribution in [3.8, 4) is 11.3 Å². The van der Waals surface area contributed by atoms with Crippen LogP contribution in [0.25, 0.3) is 11.3 Å². The van der Waals surface area contributed by atoms with Crippen molar-refractivity contribution in [3.05, 3.63) is 87.8 Å². The molecule has 1 aliphatic carbocycles. The zero-order chi connectivity index (χ0) is 27.4. The molecule has 0 saturated heterocycles. The Morgan fingerprint density at radius 1 is 1.11 bits per heavy atom. The number of hydrogen-bond acceptors (Lipinski definition) is 6. The molecule has 11 heteroatoms. The number of non-ortho nitro benzene ring substituents is 1. The molecule has 1 N–H and O–H groups in total. The van der Waals surface area contributed by atoms with Gasteiger partial charge in [0.25, 0.3) is 5.69 Å². The molecule has 1 amide bonds. The van der Waals surface area contributed by atoms with E-state index in [4.69, 9.17) is 4.42 Å². The lowest BCUT2D eigenvalue weighted by Crippen LogP contribution is -2.45. The molecule has 3 aromatic rings. The van der Waals surface area contributed by atoms with Gasteiger partial charge in [-0.25, -0.2) is 0 Å². The average molecular weight is 525 g/mol. The Kier molecular flexibility index (Phi) is 5.89. The number of furan rings is 1. The number of carbonyl (C=O) groups is 2. The van der Waals surface area contributed by atoms with Crippen molar-refractivity contribution in [3.63, 3.8) is 0 Å². The number of rotatable bonds is 3. The molecule has 2 aliphatic rings. The lowest BCUT2D eigenvalue weighted by molar-refractivity contribution is -0.384. The van der Waals surface area contributed by atoms with Crippen LogP contribution in [0.4, 0.5) is 30.2 Å². The summed E-state index contributed by atoms with van der Waals surface area (Å²) in [4.78, 5) is 37.7. The van der Waals surface area contributed by atoms with Crippen LogP contribution in [-0.2, 0) is 9.59 Å². The van der Waals surface area contributed by atoms with Gasteiger partial charge < -0.3 is 9.73 Å². The predicted octanol–water partition coefficient (Wildman–Crippen LogP) is 6.56. The van der Waals surface area contributed by atoms with Crippen LogP contribution >= 0.6 is 0 Å². The molecule has 1 atom stereocenters. The number of amides is 1. The number of alkyl halides is 3. The van der Waals surface area contributed by atoms with Crippen molar-refractivity contribution < 1.29 is 32.1 Å². The Morgan fingerprint density at radius 2 is 1.84 bits per heavy atom. The van der Waals surface area contributed by atoms with Gasteiger partial charge in [0.05, 0.1) is 16.3 Å². The third-order valence-electron chi connectivity index (χ3n) is 6.60. The van der Waals surface area contributed by atoms with E-state index in [1.54, 1.807) is 18.2 Å². The standard InChI is InChI=1S/C27H22F3N3O5/c1-26(2)13-18-23(20(34)14-26)24(22-11-10-21(38-22)15-6-5-7-16(12-15)33(36)37)32(25(35)27(28,29)30)19-9-4-3-8-17(19)31-18/h3-12,24,31H,13-14H2,1-2H3/t24-/m0/s1. The summed E-state index contributed by atoms with van der Waals surface area (Å²) in [7, 11) is 0. The largest absolute Gasteiger partial charge is 0.471 e. The van der Waals surface area contributed by atoms with Crippen LogP contribution < -0.4 is 10.2 Å². The molecule has 0 unspecified atom stereocenters. The maximum absolute atomic E-state index is 14.0. The quantitative estimate of drug-likeness (QED) is 0.307. The number of carbonyl (C=O) groups excluding carboxylic acids is 2. The Hall–Kier alpha value is -4.41. The number of nitrogens with one attached hydrogen (secondary N) is 1. The number of fused-ring (bicyclic) bond motifs is 1. The van der Waals surface area contributed by atoms with Crippen LogP contribution in [0.15, 0.2) is 76.4 Å². The number of nitrogens with zero attached hydrogens (tertiary/aromatic N) is 2. The second kappa shape index (κ2) is 8.86.